The lowest BCUT2D eigenvalue weighted by Gasteiger charge is -2.26. The topological polar surface area (TPSA) is 109 Å². The molecule has 8 nitrogen and oxygen atoms in total. The van der Waals surface area contributed by atoms with Gasteiger partial charge in [-0.25, -0.2) is 0 Å². The first-order chi connectivity index (χ1) is 18.9. The molecule has 2 aromatic carbocycles. The maximum atomic E-state index is 13.9. The van der Waals surface area contributed by atoms with E-state index in [1.807, 2.05) is 48.5 Å². The van der Waals surface area contributed by atoms with E-state index in [-0.39, 0.29) is 41.6 Å². The first-order valence-electron chi connectivity index (χ1n) is 13.8. The number of amides is 2. The fraction of sp³-hybridized carbons (Fsp3) is 0.419. The summed E-state index contributed by atoms with van der Waals surface area (Å²) < 4.78 is 5.45. The molecule has 3 aromatic rings. The van der Waals surface area contributed by atoms with E-state index in [9.17, 15) is 19.2 Å². The molecule has 4 unspecified atom stereocenters. The average molecular weight is 530 g/mol. The summed E-state index contributed by atoms with van der Waals surface area (Å²) in [6.07, 6.45) is 3.13. The third kappa shape index (κ3) is 5.46. The van der Waals surface area contributed by atoms with Gasteiger partial charge in [0, 0.05) is 42.1 Å². The fourth-order valence-electron chi connectivity index (χ4n) is 6.06. The Balaban J connectivity index is 1.42. The molecule has 2 N–H and O–H groups in total. The molecule has 0 spiro atoms. The Bertz CT molecular complexity index is 1380. The highest BCUT2D eigenvalue weighted by molar-refractivity contribution is 6.02. The summed E-state index contributed by atoms with van der Waals surface area (Å²) in [7, 11) is 1.59. The maximum absolute atomic E-state index is 13.9. The standard InChI is InChI=1S/C31H35N3O5/c1-3-27(35)24(15-20-11-7-13-28(20)36)33-30(37)26-16-21(19-9-5-4-6-10-19)18-34(26)31(38)25-17-22-23(32-25)12-8-14-29(22)39-2/h4-6,8-10,12,14,17,20-21,24,26,32H,3,7,11,13,15-16,18H2,1-2H3,(H,33,37). The van der Waals surface area contributed by atoms with Gasteiger partial charge in [0.2, 0.25) is 5.91 Å². The Kier molecular flexibility index (Phi) is 7.82. The van der Waals surface area contributed by atoms with Gasteiger partial charge >= 0.3 is 0 Å². The number of carbonyl (C=O) groups excluding carboxylic acids is 4. The van der Waals surface area contributed by atoms with Crippen LogP contribution in [0.1, 0.15) is 67.4 Å². The second-order valence-electron chi connectivity index (χ2n) is 10.6. The minimum Gasteiger partial charge on any atom is -0.496 e. The predicted octanol–water partition coefficient (Wildman–Crippen LogP) is 4.40. The summed E-state index contributed by atoms with van der Waals surface area (Å²) in [5, 5.41) is 3.74. The number of H-pyrrole nitrogens is 1. The molecule has 0 radical (unpaired) electrons. The fourth-order valence-corrected chi connectivity index (χ4v) is 6.06. The molecule has 1 saturated heterocycles. The first-order valence-corrected chi connectivity index (χ1v) is 13.8. The molecule has 1 saturated carbocycles. The van der Waals surface area contributed by atoms with Crippen molar-refractivity contribution in [3.8, 4) is 5.75 Å². The molecule has 1 aliphatic heterocycles. The van der Waals surface area contributed by atoms with Crippen LogP contribution < -0.4 is 10.1 Å². The largest absolute Gasteiger partial charge is 0.496 e. The number of benzene rings is 2. The SMILES string of the molecule is CCC(=O)C(CC1CCCC1=O)NC(=O)C1CC(c2ccccc2)CN1C(=O)c1cc2c(OC)cccc2[nH]1. The van der Waals surface area contributed by atoms with Gasteiger partial charge < -0.3 is 19.9 Å². The van der Waals surface area contributed by atoms with Crippen molar-refractivity contribution in [2.45, 2.75) is 63.5 Å². The Morgan fingerprint density at radius 1 is 1.13 bits per heavy atom. The van der Waals surface area contributed by atoms with Crippen molar-refractivity contribution in [2.24, 2.45) is 5.92 Å². The lowest BCUT2D eigenvalue weighted by Crippen LogP contribution is -2.51. The highest BCUT2D eigenvalue weighted by Gasteiger charge is 2.42. The van der Waals surface area contributed by atoms with Gasteiger partial charge in [0.05, 0.1) is 13.2 Å². The van der Waals surface area contributed by atoms with Crippen molar-refractivity contribution in [2.75, 3.05) is 13.7 Å². The number of aromatic amines is 1. The van der Waals surface area contributed by atoms with E-state index >= 15 is 0 Å². The third-order valence-corrected chi connectivity index (χ3v) is 8.21. The van der Waals surface area contributed by atoms with E-state index in [0.717, 1.165) is 29.3 Å². The van der Waals surface area contributed by atoms with Crippen molar-refractivity contribution in [1.82, 2.24) is 15.2 Å². The molecule has 0 bridgehead atoms. The maximum Gasteiger partial charge on any atom is 0.271 e. The Hall–Kier alpha value is -3.94. The van der Waals surface area contributed by atoms with Crippen LogP contribution in [0.3, 0.4) is 0 Å². The van der Waals surface area contributed by atoms with E-state index in [1.54, 1.807) is 25.0 Å². The summed E-state index contributed by atoms with van der Waals surface area (Å²) in [5.74, 6) is -0.144. The van der Waals surface area contributed by atoms with Crippen LogP contribution >= 0.6 is 0 Å². The van der Waals surface area contributed by atoms with Crippen LogP contribution in [0.15, 0.2) is 54.6 Å². The van der Waals surface area contributed by atoms with Gasteiger partial charge in [-0.3, -0.25) is 19.2 Å². The molecule has 2 fully saturated rings. The van der Waals surface area contributed by atoms with E-state index < -0.39 is 12.1 Å². The highest BCUT2D eigenvalue weighted by atomic mass is 16.5. The number of likely N-dealkylation sites (tertiary alicyclic amines) is 1. The second-order valence-corrected chi connectivity index (χ2v) is 10.6. The lowest BCUT2D eigenvalue weighted by atomic mass is 9.93. The summed E-state index contributed by atoms with van der Waals surface area (Å²) >= 11 is 0. The minimum atomic E-state index is -0.748. The van der Waals surface area contributed by atoms with Gasteiger partial charge in [0.25, 0.3) is 5.91 Å². The Morgan fingerprint density at radius 3 is 2.62 bits per heavy atom. The quantitative estimate of drug-likeness (QED) is 0.427. The lowest BCUT2D eigenvalue weighted by molar-refractivity contribution is -0.131. The Labute approximate surface area is 228 Å². The van der Waals surface area contributed by atoms with Crippen LogP contribution in [-0.4, -0.2) is 59.0 Å². The first kappa shape index (κ1) is 26.7. The molecule has 39 heavy (non-hydrogen) atoms. The molecule has 8 heteroatoms. The van der Waals surface area contributed by atoms with Crippen LogP contribution in [-0.2, 0) is 14.4 Å². The molecule has 204 valence electrons. The molecule has 2 heterocycles. The summed E-state index contributed by atoms with van der Waals surface area (Å²) in [5.41, 5.74) is 2.20. The Morgan fingerprint density at radius 2 is 1.92 bits per heavy atom. The van der Waals surface area contributed by atoms with Crippen LogP contribution in [0.25, 0.3) is 10.9 Å². The monoisotopic (exact) mass is 529 g/mol. The number of Topliss-reactive ketones (excluding diaryl/α,β-unsaturated/α-hetero) is 2. The summed E-state index contributed by atoms with van der Waals surface area (Å²) in [4.78, 5) is 57.5. The molecular formula is C31H35N3O5. The molecule has 5 rings (SSSR count). The number of nitrogens with one attached hydrogen (secondary N) is 2. The second kappa shape index (κ2) is 11.4. The number of aromatic nitrogens is 1. The van der Waals surface area contributed by atoms with Crippen LogP contribution in [0.4, 0.5) is 0 Å². The van der Waals surface area contributed by atoms with E-state index in [0.29, 0.717) is 37.3 Å². The van der Waals surface area contributed by atoms with E-state index in [4.69, 9.17) is 4.74 Å². The number of hydrogen-bond donors (Lipinski definition) is 2. The molecule has 4 atom stereocenters. The van der Waals surface area contributed by atoms with Gasteiger partial charge in [-0.1, -0.05) is 43.3 Å². The zero-order valence-corrected chi connectivity index (χ0v) is 22.4. The molecule has 1 aromatic heterocycles. The van der Waals surface area contributed by atoms with Crippen LogP contribution in [0.2, 0.25) is 0 Å². The average Bonchev–Trinajstić information content (AvgIpc) is 3.70. The van der Waals surface area contributed by atoms with Gasteiger partial charge in [0.1, 0.15) is 23.3 Å². The van der Waals surface area contributed by atoms with Gasteiger partial charge in [-0.15, -0.1) is 0 Å². The normalized spacial score (nSPS) is 21.7. The number of nitrogens with zero attached hydrogens (tertiary/aromatic N) is 1. The number of methoxy groups -OCH3 is 1. The third-order valence-electron chi connectivity index (χ3n) is 8.21. The number of rotatable bonds is 9. The van der Waals surface area contributed by atoms with Crippen molar-refractivity contribution in [3.05, 3.63) is 65.9 Å². The summed E-state index contributed by atoms with van der Waals surface area (Å²) in [6.45, 7) is 2.14. The predicted molar refractivity (Wildman–Crippen MR) is 148 cm³/mol. The molecule has 2 aliphatic rings. The molecule has 1 aliphatic carbocycles. The van der Waals surface area contributed by atoms with Crippen molar-refractivity contribution in [3.63, 3.8) is 0 Å². The number of carbonyl (C=O) groups is 4. The van der Waals surface area contributed by atoms with Crippen LogP contribution in [0, 0.1) is 5.92 Å². The van der Waals surface area contributed by atoms with E-state index in [1.165, 1.54) is 0 Å². The number of hydrogen-bond acceptors (Lipinski definition) is 5. The van der Waals surface area contributed by atoms with Crippen LogP contribution in [0.5, 0.6) is 5.75 Å². The highest BCUT2D eigenvalue weighted by Crippen LogP contribution is 2.34. The van der Waals surface area contributed by atoms with Crippen molar-refractivity contribution < 1.29 is 23.9 Å². The number of ether oxygens (including phenoxy) is 1. The summed E-state index contributed by atoms with van der Waals surface area (Å²) in [6, 6.07) is 15.7. The number of fused-ring (bicyclic) bond motifs is 1. The minimum absolute atomic E-state index is 0.0263. The van der Waals surface area contributed by atoms with Gasteiger partial charge in [-0.05, 0) is 49.4 Å². The molecular weight excluding hydrogens is 494 g/mol. The zero-order chi connectivity index (χ0) is 27.5. The van der Waals surface area contributed by atoms with Gasteiger partial charge in [0.15, 0.2) is 5.78 Å². The smallest absolute Gasteiger partial charge is 0.271 e. The molecule has 2 amide bonds. The zero-order valence-electron chi connectivity index (χ0n) is 22.4. The van der Waals surface area contributed by atoms with Crippen molar-refractivity contribution in [1.29, 1.82) is 0 Å². The van der Waals surface area contributed by atoms with E-state index in [2.05, 4.69) is 10.3 Å². The van der Waals surface area contributed by atoms with Crippen molar-refractivity contribution >= 4 is 34.3 Å². The van der Waals surface area contributed by atoms with Gasteiger partial charge in [-0.2, -0.15) is 0 Å². The number of ketones is 2.